The van der Waals surface area contributed by atoms with Gasteiger partial charge in [-0.15, -0.1) is 0 Å². The number of carbonyl (C=O) groups excluding carboxylic acids is 2. The van der Waals surface area contributed by atoms with Crippen LogP contribution in [0, 0.1) is 5.92 Å². The number of nitrogens with one attached hydrogen (secondary N) is 1. The molecule has 0 spiro atoms. The van der Waals surface area contributed by atoms with Crippen molar-refractivity contribution in [3.63, 3.8) is 0 Å². The van der Waals surface area contributed by atoms with Crippen LogP contribution >= 0.6 is 0 Å². The van der Waals surface area contributed by atoms with Crippen molar-refractivity contribution < 1.29 is 9.59 Å². The van der Waals surface area contributed by atoms with Gasteiger partial charge in [0.05, 0.1) is 5.69 Å². The minimum atomic E-state index is 0.234. The fourth-order valence-corrected chi connectivity index (χ4v) is 6.21. The summed E-state index contributed by atoms with van der Waals surface area (Å²) in [7, 11) is 0. The highest BCUT2D eigenvalue weighted by molar-refractivity contribution is 6.02. The van der Waals surface area contributed by atoms with Crippen LogP contribution in [0.1, 0.15) is 59.2 Å². The molecule has 1 N–H and O–H groups in total. The van der Waals surface area contributed by atoms with E-state index in [0.29, 0.717) is 18.8 Å². The Morgan fingerprint density at radius 3 is 2.65 bits per heavy atom. The van der Waals surface area contributed by atoms with Gasteiger partial charge in [-0.3, -0.25) is 9.59 Å². The second-order valence-corrected chi connectivity index (χ2v) is 10.3. The van der Waals surface area contributed by atoms with Crippen molar-refractivity contribution in [3.8, 4) is 0 Å². The van der Waals surface area contributed by atoms with Crippen molar-refractivity contribution in [2.75, 3.05) is 31.1 Å². The highest BCUT2D eigenvalue weighted by atomic mass is 16.2. The van der Waals surface area contributed by atoms with Crippen molar-refractivity contribution in [2.24, 2.45) is 5.92 Å². The molecule has 0 unspecified atom stereocenters. The van der Waals surface area contributed by atoms with Gasteiger partial charge in [-0.1, -0.05) is 18.2 Å². The first-order chi connectivity index (χ1) is 16.7. The van der Waals surface area contributed by atoms with E-state index in [1.807, 2.05) is 4.90 Å². The lowest BCUT2D eigenvalue weighted by molar-refractivity contribution is -0.118. The lowest BCUT2D eigenvalue weighted by Gasteiger charge is -2.32. The predicted octanol–water partition coefficient (Wildman–Crippen LogP) is 4.92. The average Bonchev–Trinajstić information content (AvgIpc) is 3.49. The summed E-state index contributed by atoms with van der Waals surface area (Å²) in [6, 6.07) is 12.7. The summed E-state index contributed by atoms with van der Waals surface area (Å²) < 4.78 is 0. The molecular formula is C29H33N3O2. The first-order valence-electron chi connectivity index (χ1n) is 12.9. The van der Waals surface area contributed by atoms with Gasteiger partial charge in [-0.2, -0.15) is 0 Å². The Hall–Kier alpha value is -2.92. The maximum Gasteiger partial charge on any atom is 0.227 e. The van der Waals surface area contributed by atoms with E-state index in [2.05, 4.69) is 52.5 Å². The van der Waals surface area contributed by atoms with Crippen LogP contribution in [0.2, 0.25) is 0 Å². The number of anilines is 1. The van der Waals surface area contributed by atoms with Crippen molar-refractivity contribution in [2.45, 2.75) is 51.4 Å². The first-order valence-corrected chi connectivity index (χ1v) is 12.9. The van der Waals surface area contributed by atoms with Gasteiger partial charge >= 0.3 is 0 Å². The maximum absolute atomic E-state index is 13.0. The molecule has 1 saturated heterocycles. The van der Waals surface area contributed by atoms with Gasteiger partial charge in [-0.25, -0.2) is 0 Å². The maximum atomic E-state index is 13.0. The summed E-state index contributed by atoms with van der Waals surface area (Å²) in [6.45, 7) is 4.14. The number of ketones is 1. The number of benzene rings is 2. The lowest BCUT2D eigenvalue weighted by atomic mass is 9.89. The summed E-state index contributed by atoms with van der Waals surface area (Å²) in [5, 5.41) is 1.34. The molecule has 0 saturated carbocycles. The van der Waals surface area contributed by atoms with E-state index in [1.165, 1.54) is 40.4 Å². The summed E-state index contributed by atoms with van der Waals surface area (Å²) in [5.74, 6) is 1.16. The molecule has 0 radical (unpaired) electrons. The second-order valence-electron chi connectivity index (χ2n) is 10.3. The number of amides is 1. The van der Waals surface area contributed by atoms with Crippen molar-refractivity contribution >= 4 is 28.3 Å². The zero-order valence-electron chi connectivity index (χ0n) is 19.8. The summed E-state index contributed by atoms with van der Waals surface area (Å²) in [6.07, 6.45) is 9.47. The van der Waals surface area contributed by atoms with Crippen molar-refractivity contribution in [1.29, 1.82) is 0 Å². The van der Waals surface area contributed by atoms with Crippen LogP contribution in [0.5, 0.6) is 0 Å². The number of likely N-dealkylation sites (tertiary alicyclic amines) is 1. The standard InChI is InChI=1S/C29H33N3O2/c33-27(24-17-21-6-8-28(34)32-16-12-22(18-24)29(21)32)7-5-20-9-13-31(14-10-20)15-11-23-19-30-26-4-2-1-3-25(23)26/h1-4,17-20,30H,5-16H2. The number of hydrogen-bond acceptors (Lipinski definition) is 3. The molecule has 2 aromatic carbocycles. The van der Waals surface area contributed by atoms with Crippen LogP contribution in [0.25, 0.3) is 10.9 Å². The fourth-order valence-electron chi connectivity index (χ4n) is 6.21. The first kappa shape index (κ1) is 21.6. The zero-order chi connectivity index (χ0) is 23.1. The zero-order valence-corrected chi connectivity index (χ0v) is 19.8. The SMILES string of the molecule is O=C(CCC1CCN(CCc2c[nH]c3ccccc23)CC1)c1cc2c3c(c1)CCN3C(=O)CC2. The van der Waals surface area contributed by atoms with E-state index in [9.17, 15) is 9.59 Å². The van der Waals surface area contributed by atoms with Gasteiger partial charge in [-0.05, 0) is 92.4 Å². The van der Waals surface area contributed by atoms with Gasteiger partial charge in [0.25, 0.3) is 0 Å². The number of aromatic nitrogens is 1. The third-order valence-corrected chi connectivity index (χ3v) is 8.23. The van der Waals surface area contributed by atoms with Crippen LogP contribution in [0.15, 0.2) is 42.6 Å². The largest absolute Gasteiger partial charge is 0.361 e. The Morgan fingerprint density at radius 1 is 1.00 bits per heavy atom. The molecule has 3 aliphatic heterocycles. The Labute approximate surface area is 201 Å². The number of fused-ring (bicyclic) bond motifs is 1. The van der Waals surface area contributed by atoms with E-state index >= 15 is 0 Å². The van der Waals surface area contributed by atoms with E-state index in [4.69, 9.17) is 0 Å². The number of aromatic amines is 1. The smallest absolute Gasteiger partial charge is 0.227 e. The Kier molecular flexibility index (Phi) is 5.74. The molecular weight excluding hydrogens is 422 g/mol. The highest BCUT2D eigenvalue weighted by Gasteiger charge is 2.32. The van der Waals surface area contributed by atoms with Crippen LogP contribution in [-0.2, 0) is 24.1 Å². The van der Waals surface area contributed by atoms with Gasteiger partial charge in [0.2, 0.25) is 5.91 Å². The van der Waals surface area contributed by atoms with E-state index in [-0.39, 0.29) is 11.7 Å². The number of Topliss-reactive ketones (excluding diaryl/α,β-unsaturated/α-hetero) is 1. The minimum Gasteiger partial charge on any atom is -0.361 e. The molecule has 4 heterocycles. The fraction of sp³-hybridized carbons (Fsp3) is 0.448. The quantitative estimate of drug-likeness (QED) is 0.515. The lowest BCUT2D eigenvalue weighted by Crippen LogP contribution is -2.35. The van der Waals surface area contributed by atoms with E-state index in [1.54, 1.807) is 0 Å². The molecule has 5 heteroatoms. The summed E-state index contributed by atoms with van der Waals surface area (Å²) in [4.78, 5) is 33.1. The molecule has 0 atom stereocenters. The van der Waals surface area contributed by atoms with Gasteiger partial charge < -0.3 is 14.8 Å². The number of rotatable bonds is 7. The molecule has 0 aliphatic carbocycles. The third-order valence-electron chi connectivity index (χ3n) is 8.23. The van der Waals surface area contributed by atoms with Crippen molar-refractivity contribution in [3.05, 3.63) is 64.8 Å². The van der Waals surface area contributed by atoms with Crippen molar-refractivity contribution in [1.82, 2.24) is 9.88 Å². The number of hydrogen-bond donors (Lipinski definition) is 1. The predicted molar refractivity (Wildman–Crippen MR) is 136 cm³/mol. The Balaban J connectivity index is 0.994. The number of aryl methyl sites for hydroxylation is 1. The Morgan fingerprint density at radius 2 is 1.79 bits per heavy atom. The third kappa shape index (κ3) is 4.07. The minimum absolute atomic E-state index is 0.234. The van der Waals surface area contributed by atoms with Crippen LogP contribution in [0.3, 0.4) is 0 Å². The normalized spacial score (nSPS) is 18.6. The molecule has 1 amide bonds. The molecule has 176 valence electrons. The van der Waals surface area contributed by atoms with Crippen LogP contribution < -0.4 is 4.90 Å². The number of H-pyrrole nitrogens is 1. The topological polar surface area (TPSA) is 56.4 Å². The molecule has 0 bridgehead atoms. The second kappa shape index (κ2) is 9.03. The number of carbonyl (C=O) groups is 2. The van der Waals surface area contributed by atoms with Crippen LogP contribution in [0.4, 0.5) is 5.69 Å². The molecule has 5 nitrogen and oxygen atoms in total. The average molecular weight is 456 g/mol. The molecule has 1 fully saturated rings. The van der Waals surface area contributed by atoms with Gasteiger partial charge in [0.15, 0.2) is 5.78 Å². The Bertz CT molecular complexity index is 1240. The molecule has 6 rings (SSSR count). The molecule has 3 aromatic rings. The van der Waals surface area contributed by atoms with E-state index in [0.717, 1.165) is 63.1 Å². The molecule has 34 heavy (non-hydrogen) atoms. The highest BCUT2D eigenvalue weighted by Crippen LogP contribution is 2.38. The van der Waals surface area contributed by atoms with E-state index < -0.39 is 0 Å². The number of para-hydroxylation sites is 1. The summed E-state index contributed by atoms with van der Waals surface area (Å²) >= 11 is 0. The monoisotopic (exact) mass is 455 g/mol. The van der Waals surface area contributed by atoms with Crippen LogP contribution in [-0.4, -0.2) is 47.8 Å². The number of nitrogens with zero attached hydrogens (tertiary/aromatic N) is 2. The molecule has 1 aromatic heterocycles. The number of piperidine rings is 1. The molecule has 3 aliphatic rings. The van der Waals surface area contributed by atoms with Gasteiger partial charge in [0.1, 0.15) is 0 Å². The van der Waals surface area contributed by atoms with Gasteiger partial charge in [0, 0.05) is 48.6 Å². The summed E-state index contributed by atoms with van der Waals surface area (Å²) in [5.41, 5.74) is 6.98.